The molecule has 1 saturated carbocycles. The Kier molecular flexibility index (Phi) is 7.95. The van der Waals surface area contributed by atoms with Crippen molar-refractivity contribution in [2.24, 2.45) is 0 Å². The Labute approximate surface area is 227 Å². The zero-order chi connectivity index (χ0) is 28.4. The molecule has 40 heavy (non-hydrogen) atoms. The van der Waals surface area contributed by atoms with Crippen molar-refractivity contribution >= 4 is 16.7 Å². The first-order valence-corrected chi connectivity index (χ1v) is 13.1. The molecule has 0 unspecified atom stereocenters. The van der Waals surface area contributed by atoms with E-state index in [-0.39, 0.29) is 19.2 Å². The maximum atomic E-state index is 14.5. The average molecular weight is 563 g/mol. The molecule has 214 valence electrons. The second-order valence-electron chi connectivity index (χ2n) is 9.86. The summed E-state index contributed by atoms with van der Waals surface area (Å²) in [6.45, 7) is 2.41. The summed E-state index contributed by atoms with van der Waals surface area (Å²) in [5.41, 5.74) is 0.912. The molecule has 1 fully saturated rings. The van der Waals surface area contributed by atoms with Crippen molar-refractivity contribution in [2.75, 3.05) is 18.5 Å². The lowest BCUT2D eigenvalue weighted by Gasteiger charge is -2.30. The predicted octanol–water partition coefficient (Wildman–Crippen LogP) is 4.80. The Hall–Kier alpha value is -3.71. The summed E-state index contributed by atoms with van der Waals surface area (Å²) in [5, 5.41) is 32.1. The molecule has 3 N–H and O–H groups in total. The van der Waals surface area contributed by atoms with Crippen LogP contribution in [0.15, 0.2) is 42.9 Å². The SMILES string of the molecule is CCNc1cc2c(cn1)c(-c1cnn(C[C@@H](O)CO)c1)nn2[C@H]1CC[C@@H](Oc2cccc(C(F)(F)F)c2F)CC1. The molecule has 0 bridgehead atoms. The first kappa shape index (κ1) is 27.8. The third-order valence-corrected chi connectivity index (χ3v) is 7.02. The maximum Gasteiger partial charge on any atom is 0.419 e. The highest BCUT2D eigenvalue weighted by atomic mass is 19.4. The summed E-state index contributed by atoms with van der Waals surface area (Å²) in [7, 11) is 0. The van der Waals surface area contributed by atoms with Crippen LogP contribution >= 0.6 is 0 Å². The molecule has 1 atom stereocenters. The van der Waals surface area contributed by atoms with Gasteiger partial charge in [0.25, 0.3) is 0 Å². The molecule has 3 heterocycles. The van der Waals surface area contributed by atoms with Gasteiger partial charge in [0, 0.05) is 36.0 Å². The molecule has 0 amide bonds. The summed E-state index contributed by atoms with van der Waals surface area (Å²) in [6.07, 6.45) is 1.26. The molecular weight excluding hydrogens is 532 g/mol. The number of aliphatic hydroxyl groups excluding tert-OH is 2. The summed E-state index contributed by atoms with van der Waals surface area (Å²) < 4.78 is 63.0. The molecule has 0 spiro atoms. The van der Waals surface area contributed by atoms with Crippen LogP contribution in [0.25, 0.3) is 22.2 Å². The van der Waals surface area contributed by atoms with E-state index in [4.69, 9.17) is 14.9 Å². The first-order chi connectivity index (χ1) is 19.2. The van der Waals surface area contributed by atoms with Crippen molar-refractivity contribution in [1.29, 1.82) is 0 Å². The van der Waals surface area contributed by atoms with E-state index in [0.29, 0.717) is 49.8 Å². The van der Waals surface area contributed by atoms with E-state index >= 15 is 0 Å². The third-order valence-electron chi connectivity index (χ3n) is 7.02. The smallest absolute Gasteiger partial charge is 0.419 e. The van der Waals surface area contributed by atoms with Gasteiger partial charge in [-0.05, 0) is 44.7 Å². The van der Waals surface area contributed by atoms with Gasteiger partial charge in [0.15, 0.2) is 11.6 Å². The van der Waals surface area contributed by atoms with Crippen LogP contribution in [0.2, 0.25) is 0 Å². The highest BCUT2D eigenvalue weighted by Gasteiger charge is 2.36. The summed E-state index contributed by atoms with van der Waals surface area (Å²) in [4.78, 5) is 4.50. The Morgan fingerprint density at radius 1 is 1.18 bits per heavy atom. The molecule has 0 saturated heterocycles. The Morgan fingerprint density at radius 2 is 1.95 bits per heavy atom. The van der Waals surface area contributed by atoms with Crippen LogP contribution in [0.4, 0.5) is 23.4 Å². The fraction of sp³-hybridized carbons (Fsp3) is 0.444. The molecule has 3 aromatic heterocycles. The van der Waals surface area contributed by atoms with Gasteiger partial charge in [0.05, 0.1) is 48.7 Å². The molecule has 1 aromatic carbocycles. The van der Waals surface area contributed by atoms with Crippen LogP contribution in [-0.2, 0) is 12.7 Å². The number of hydrogen-bond donors (Lipinski definition) is 3. The first-order valence-electron chi connectivity index (χ1n) is 13.1. The average Bonchev–Trinajstić information content (AvgIpc) is 3.54. The van der Waals surface area contributed by atoms with Gasteiger partial charge < -0.3 is 20.3 Å². The number of ether oxygens (including phenoxy) is 1. The maximum absolute atomic E-state index is 14.5. The monoisotopic (exact) mass is 562 g/mol. The zero-order valence-electron chi connectivity index (χ0n) is 21.8. The number of aromatic nitrogens is 5. The van der Waals surface area contributed by atoms with Crippen LogP contribution in [0, 0.1) is 5.82 Å². The molecule has 13 heteroatoms. The molecule has 0 radical (unpaired) electrons. The van der Waals surface area contributed by atoms with Crippen LogP contribution in [0.5, 0.6) is 5.75 Å². The fourth-order valence-electron chi connectivity index (χ4n) is 5.07. The number of halogens is 4. The minimum atomic E-state index is -4.80. The Balaban J connectivity index is 1.38. The Bertz CT molecular complexity index is 1460. The third kappa shape index (κ3) is 5.75. The molecule has 1 aliphatic carbocycles. The van der Waals surface area contributed by atoms with Gasteiger partial charge in [-0.2, -0.15) is 23.4 Å². The highest BCUT2D eigenvalue weighted by molar-refractivity contribution is 5.93. The summed E-state index contributed by atoms with van der Waals surface area (Å²) >= 11 is 0. The number of anilines is 1. The number of hydrogen-bond acceptors (Lipinski definition) is 7. The van der Waals surface area contributed by atoms with Crippen LogP contribution in [-0.4, -0.2) is 60.1 Å². The molecule has 9 nitrogen and oxygen atoms in total. The van der Waals surface area contributed by atoms with E-state index in [1.807, 2.05) is 17.7 Å². The standard InChI is InChI=1S/C27H30F4N6O3/c1-2-32-24-10-22-20(12-33-24)26(16-11-34-36(13-16)14-18(39)15-38)35-37(22)17-6-8-19(9-7-17)40-23-5-3-4-21(25(23)28)27(29,30)31/h3-5,10-13,17-19,38-39H,2,6-9,14-15H2,1H3,(H,32,33)/t17-,18-,19+/m1/s1. The van der Waals surface area contributed by atoms with Gasteiger partial charge in [0.2, 0.25) is 0 Å². The number of alkyl halides is 3. The van der Waals surface area contributed by atoms with E-state index < -0.39 is 35.5 Å². The van der Waals surface area contributed by atoms with E-state index in [2.05, 4.69) is 15.4 Å². The van der Waals surface area contributed by atoms with E-state index in [1.54, 1.807) is 18.6 Å². The second kappa shape index (κ2) is 11.4. The Morgan fingerprint density at radius 3 is 2.65 bits per heavy atom. The predicted molar refractivity (Wildman–Crippen MR) is 139 cm³/mol. The zero-order valence-corrected chi connectivity index (χ0v) is 21.8. The van der Waals surface area contributed by atoms with Crippen molar-refractivity contribution in [2.45, 2.75) is 63.6 Å². The molecule has 4 aromatic rings. The number of fused-ring (bicyclic) bond motifs is 1. The van der Waals surface area contributed by atoms with Crippen molar-refractivity contribution in [3.05, 3.63) is 54.2 Å². The number of benzene rings is 1. The minimum absolute atomic E-state index is 0.0226. The molecule has 5 rings (SSSR count). The van der Waals surface area contributed by atoms with Crippen molar-refractivity contribution in [3.63, 3.8) is 0 Å². The highest BCUT2D eigenvalue weighted by Crippen LogP contribution is 2.38. The van der Waals surface area contributed by atoms with Gasteiger partial charge >= 0.3 is 6.18 Å². The largest absolute Gasteiger partial charge is 0.487 e. The topological polar surface area (TPSA) is 110 Å². The van der Waals surface area contributed by atoms with Gasteiger partial charge in [0.1, 0.15) is 11.5 Å². The lowest BCUT2D eigenvalue weighted by molar-refractivity contribution is -0.140. The van der Waals surface area contributed by atoms with Crippen molar-refractivity contribution in [3.8, 4) is 17.0 Å². The number of pyridine rings is 1. The number of rotatable bonds is 9. The van der Waals surface area contributed by atoms with Crippen LogP contribution < -0.4 is 10.1 Å². The molecular formula is C27H30F4N6O3. The lowest BCUT2D eigenvalue weighted by atomic mass is 9.93. The van der Waals surface area contributed by atoms with Gasteiger partial charge in [-0.3, -0.25) is 9.36 Å². The van der Waals surface area contributed by atoms with E-state index in [1.165, 1.54) is 10.7 Å². The number of nitrogens with one attached hydrogen (secondary N) is 1. The van der Waals surface area contributed by atoms with Crippen LogP contribution in [0.1, 0.15) is 44.2 Å². The van der Waals surface area contributed by atoms with Crippen molar-refractivity contribution < 1.29 is 32.5 Å². The second-order valence-corrected chi connectivity index (χ2v) is 9.86. The van der Waals surface area contributed by atoms with Gasteiger partial charge in [-0.1, -0.05) is 6.07 Å². The normalized spacial score (nSPS) is 18.7. The van der Waals surface area contributed by atoms with Crippen LogP contribution in [0.3, 0.4) is 0 Å². The summed E-state index contributed by atoms with van der Waals surface area (Å²) in [6, 6.07) is 4.97. The van der Waals surface area contributed by atoms with Gasteiger partial charge in [-0.25, -0.2) is 9.37 Å². The van der Waals surface area contributed by atoms with E-state index in [9.17, 15) is 22.7 Å². The van der Waals surface area contributed by atoms with Gasteiger partial charge in [-0.15, -0.1) is 0 Å². The quantitative estimate of drug-likeness (QED) is 0.252. The van der Waals surface area contributed by atoms with Crippen molar-refractivity contribution in [1.82, 2.24) is 24.5 Å². The number of aliphatic hydroxyl groups is 2. The number of nitrogens with zero attached hydrogens (tertiary/aromatic N) is 5. The van der Waals surface area contributed by atoms with E-state index in [0.717, 1.165) is 22.5 Å². The molecule has 0 aliphatic heterocycles. The minimum Gasteiger partial charge on any atom is -0.487 e. The fourth-order valence-corrected chi connectivity index (χ4v) is 5.07. The molecule has 1 aliphatic rings. The lowest BCUT2D eigenvalue weighted by Crippen LogP contribution is -2.26. The summed E-state index contributed by atoms with van der Waals surface area (Å²) in [5.74, 6) is -1.09.